The number of nitrogens with zero attached hydrogens (tertiary/aromatic N) is 5. The second kappa shape index (κ2) is 9.47. The highest BCUT2D eigenvalue weighted by Gasteiger charge is 2.19. The monoisotopic (exact) mass is 455 g/mol. The van der Waals surface area contributed by atoms with Crippen molar-refractivity contribution in [1.82, 2.24) is 23.3 Å². The van der Waals surface area contributed by atoms with E-state index in [1.807, 2.05) is 32.0 Å². The highest BCUT2D eigenvalue weighted by atomic mass is 32.2. The smallest absolute Gasteiger partial charge is 0.339 e. The van der Waals surface area contributed by atoms with E-state index in [0.29, 0.717) is 36.3 Å². The van der Waals surface area contributed by atoms with Crippen LogP contribution in [-0.4, -0.2) is 27.5 Å². The van der Waals surface area contributed by atoms with Gasteiger partial charge in [-0.2, -0.15) is 8.30 Å². The van der Waals surface area contributed by atoms with Gasteiger partial charge in [-0.1, -0.05) is 44.9 Å². The Labute approximate surface area is 187 Å². The molecule has 0 aliphatic rings. The maximum absolute atomic E-state index is 13.0. The molecule has 1 unspecified atom stereocenters. The van der Waals surface area contributed by atoms with Crippen LogP contribution < -0.4 is 15.4 Å². The van der Waals surface area contributed by atoms with Crippen LogP contribution in [0.4, 0.5) is 0 Å². The Morgan fingerprint density at radius 3 is 2.44 bits per heavy atom. The largest absolute Gasteiger partial charge is 0.381 e. The fourth-order valence-electron chi connectivity index (χ4n) is 3.54. The number of aromatic nitrogens is 5. The zero-order chi connectivity index (χ0) is 22.7. The average Bonchev–Trinajstić information content (AvgIpc) is 3.25. The highest BCUT2D eigenvalue weighted by molar-refractivity contribution is 7.78. The van der Waals surface area contributed by atoms with Gasteiger partial charge in [-0.05, 0) is 25.0 Å². The minimum Gasteiger partial charge on any atom is -0.381 e. The number of pyridine rings is 1. The standard InChI is InChI=1S/C22H25N5O4S/c1-3-5-13-25-17-15-27(24-20(17)21(28)26(22(25)29)14-6-4-2)32(30)31-18-11-7-9-16-10-8-12-23-19(16)18/h7-12,15H,3-6,13-14H2,1-2H3. The molecule has 32 heavy (non-hydrogen) atoms. The van der Waals surface area contributed by atoms with Crippen LogP contribution in [0.5, 0.6) is 5.75 Å². The van der Waals surface area contributed by atoms with E-state index in [9.17, 15) is 13.8 Å². The lowest BCUT2D eigenvalue weighted by Crippen LogP contribution is -2.40. The van der Waals surface area contributed by atoms with Crippen molar-refractivity contribution in [3.63, 3.8) is 0 Å². The first kappa shape index (κ1) is 21.9. The van der Waals surface area contributed by atoms with Gasteiger partial charge in [0.25, 0.3) is 5.56 Å². The molecule has 10 heteroatoms. The van der Waals surface area contributed by atoms with Crippen molar-refractivity contribution in [3.05, 3.63) is 63.6 Å². The number of unbranched alkanes of at least 4 members (excludes halogenated alkanes) is 2. The van der Waals surface area contributed by atoms with E-state index in [1.54, 1.807) is 18.3 Å². The van der Waals surface area contributed by atoms with E-state index in [1.165, 1.54) is 15.3 Å². The molecule has 0 fully saturated rings. The van der Waals surface area contributed by atoms with E-state index >= 15 is 0 Å². The normalized spacial score (nSPS) is 12.4. The Morgan fingerprint density at radius 1 is 0.969 bits per heavy atom. The topological polar surface area (TPSA) is 101 Å². The number of para-hydroxylation sites is 1. The number of benzene rings is 1. The third-order valence-electron chi connectivity index (χ3n) is 5.25. The molecule has 0 aliphatic carbocycles. The van der Waals surface area contributed by atoms with Gasteiger partial charge in [0.1, 0.15) is 5.52 Å². The average molecular weight is 456 g/mol. The fraction of sp³-hybridized carbons (Fsp3) is 0.364. The Balaban J connectivity index is 1.78. The van der Waals surface area contributed by atoms with Crippen LogP contribution in [0.25, 0.3) is 21.9 Å². The van der Waals surface area contributed by atoms with Crippen molar-refractivity contribution in [2.24, 2.45) is 0 Å². The van der Waals surface area contributed by atoms with E-state index in [-0.39, 0.29) is 11.2 Å². The lowest BCUT2D eigenvalue weighted by atomic mass is 10.2. The molecule has 1 aromatic carbocycles. The van der Waals surface area contributed by atoms with Crippen molar-refractivity contribution in [2.45, 2.75) is 52.6 Å². The summed E-state index contributed by atoms with van der Waals surface area (Å²) < 4.78 is 22.5. The van der Waals surface area contributed by atoms with Gasteiger partial charge in [0.2, 0.25) is 0 Å². The van der Waals surface area contributed by atoms with Crippen molar-refractivity contribution in [3.8, 4) is 5.75 Å². The van der Waals surface area contributed by atoms with E-state index in [2.05, 4.69) is 10.1 Å². The SMILES string of the molecule is CCCCn1c(=O)c2nn(S(=O)Oc3cccc4cccnc34)cc2n(CCCC)c1=O. The van der Waals surface area contributed by atoms with E-state index in [4.69, 9.17) is 4.18 Å². The second-order valence-electron chi connectivity index (χ2n) is 7.50. The molecular weight excluding hydrogens is 430 g/mol. The number of hydrogen-bond acceptors (Lipinski definition) is 6. The highest BCUT2D eigenvalue weighted by Crippen LogP contribution is 2.24. The molecule has 3 heterocycles. The summed E-state index contributed by atoms with van der Waals surface area (Å²) in [4.78, 5) is 30.3. The maximum Gasteiger partial charge on any atom is 0.339 e. The number of fused-ring (bicyclic) bond motifs is 2. The third kappa shape index (κ3) is 4.10. The lowest BCUT2D eigenvalue weighted by molar-refractivity contribution is 0.532. The molecule has 0 spiro atoms. The van der Waals surface area contributed by atoms with Crippen molar-refractivity contribution < 1.29 is 8.39 Å². The lowest BCUT2D eigenvalue weighted by Gasteiger charge is -2.10. The summed E-state index contributed by atoms with van der Waals surface area (Å²) in [5.74, 6) is 0.338. The van der Waals surface area contributed by atoms with Crippen molar-refractivity contribution in [1.29, 1.82) is 0 Å². The maximum atomic E-state index is 13.0. The molecule has 4 rings (SSSR count). The summed E-state index contributed by atoms with van der Waals surface area (Å²) in [7, 11) is 0. The molecule has 4 aromatic rings. The Kier molecular flexibility index (Phi) is 6.50. The van der Waals surface area contributed by atoms with Gasteiger partial charge in [-0.25, -0.2) is 4.79 Å². The Morgan fingerprint density at radius 2 is 1.69 bits per heavy atom. The summed E-state index contributed by atoms with van der Waals surface area (Å²) in [6, 6.07) is 9.02. The molecule has 0 aliphatic heterocycles. The van der Waals surface area contributed by atoms with Gasteiger partial charge in [0.15, 0.2) is 11.3 Å². The van der Waals surface area contributed by atoms with E-state index < -0.39 is 16.8 Å². The van der Waals surface area contributed by atoms with Gasteiger partial charge >= 0.3 is 17.0 Å². The molecule has 9 nitrogen and oxygen atoms in total. The van der Waals surface area contributed by atoms with Crippen LogP contribution in [0.15, 0.2) is 52.3 Å². The fourth-order valence-corrected chi connectivity index (χ4v) is 4.24. The van der Waals surface area contributed by atoms with Crippen molar-refractivity contribution >= 4 is 33.2 Å². The molecular formula is C22H25N5O4S. The van der Waals surface area contributed by atoms with Gasteiger partial charge in [-0.3, -0.25) is 18.9 Å². The first-order chi connectivity index (χ1) is 15.5. The summed E-state index contributed by atoms with van der Waals surface area (Å²) >= 11 is -2.06. The third-order valence-corrected chi connectivity index (χ3v) is 6.07. The Bertz CT molecular complexity index is 1400. The molecule has 0 saturated heterocycles. The Hall–Kier alpha value is -3.27. The van der Waals surface area contributed by atoms with Crippen LogP contribution >= 0.6 is 0 Å². The molecule has 3 aromatic heterocycles. The summed E-state index contributed by atoms with van der Waals surface area (Å²) in [5.41, 5.74) is 0.184. The first-order valence-electron chi connectivity index (χ1n) is 10.7. The predicted octanol–water partition coefficient (Wildman–Crippen LogP) is 3.01. The van der Waals surface area contributed by atoms with Crippen LogP contribution in [-0.2, 0) is 24.4 Å². The molecule has 0 radical (unpaired) electrons. The van der Waals surface area contributed by atoms with Crippen molar-refractivity contribution in [2.75, 3.05) is 0 Å². The number of hydrogen-bond donors (Lipinski definition) is 0. The zero-order valence-corrected chi connectivity index (χ0v) is 18.9. The first-order valence-corrected chi connectivity index (χ1v) is 11.8. The molecule has 0 saturated carbocycles. The van der Waals surface area contributed by atoms with Gasteiger partial charge in [-0.15, -0.1) is 5.10 Å². The predicted molar refractivity (Wildman–Crippen MR) is 124 cm³/mol. The van der Waals surface area contributed by atoms with Crippen LogP contribution in [0, 0.1) is 0 Å². The minimum atomic E-state index is -2.06. The summed E-state index contributed by atoms with van der Waals surface area (Å²) in [5, 5.41) is 5.09. The number of rotatable bonds is 9. The minimum absolute atomic E-state index is 0.102. The van der Waals surface area contributed by atoms with Gasteiger partial charge < -0.3 is 4.18 Å². The molecule has 1 atom stereocenters. The van der Waals surface area contributed by atoms with E-state index in [0.717, 1.165) is 28.7 Å². The number of aryl methyl sites for hydroxylation is 1. The van der Waals surface area contributed by atoms with Crippen LogP contribution in [0.1, 0.15) is 39.5 Å². The quantitative estimate of drug-likeness (QED) is 0.385. The zero-order valence-electron chi connectivity index (χ0n) is 18.1. The molecule has 168 valence electrons. The van der Waals surface area contributed by atoms with Crippen LogP contribution in [0.2, 0.25) is 0 Å². The van der Waals surface area contributed by atoms with Gasteiger partial charge in [0.05, 0.1) is 11.7 Å². The summed E-state index contributed by atoms with van der Waals surface area (Å²) in [6.07, 6.45) is 6.29. The molecule has 0 N–H and O–H groups in total. The second-order valence-corrected chi connectivity index (χ2v) is 8.47. The molecule has 0 amide bonds. The summed E-state index contributed by atoms with van der Waals surface area (Å²) in [6.45, 7) is 4.80. The molecule has 0 bridgehead atoms. The van der Waals surface area contributed by atoms with Crippen LogP contribution in [0.3, 0.4) is 0 Å². The van der Waals surface area contributed by atoms with Gasteiger partial charge in [0, 0.05) is 24.7 Å².